The van der Waals surface area contributed by atoms with Gasteiger partial charge in [0.25, 0.3) is 11.8 Å². The van der Waals surface area contributed by atoms with E-state index in [1.807, 2.05) is 14.4 Å². The lowest BCUT2D eigenvalue weighted by molar-refractivity contribution is -0.0209. The predicted octanol–water partition coefficient (Wildman–Crippen LogP) is 2.25. The molecule has 3 atom stereocenters. The summed E-state index contributed by atoms with van der Waals surface area (Å²) in [6.07, 6.45) is 13.2. The molecule has 3 aliphatic rings. The highest BCUT2D eigenvalue weighted by Gasteiger charge is 2.45. The summed E-state index contributed by atoms with van der Waals surface area (Å²) in [5.74, 6) is -0.881. The Hall–Kier alpha value is -2.96. The summed E-state index contributed by atoms with van der Waals surface area (Å²) in [5, 5.41) is 2.76. The molecule has 0 saturated carbocycles. The number of pyridine rings is 1. The molecule has 1 N–H and O–H groups in total. The van der Waals surface area contributed by atoms with Gasteiger partial charge in [0.15, 0.2) is 11.4 Å². The van der Waals surface area contributed by atoms with E-state index in [1.165, 1.54) is 6.20 Å². The number of hydrogen-bond donors (Lipinski definition) is 1. The molecular weight excluding hydrogens is 439 g/mol. The molecule has 0 spiro atoms. The third-order valence-corrected chi connectivity index (χ3v) is 6.80. The van der Waals surface area contributed by atoms with Gasteiger partial charge in [-0.15, -0.1) is 0 Å². The van der Waals surface area contributed by atoms with Gasteiger partial charge in [-0.3, -0.25) is 19.3 Å². The number of aromatic nitrogens is 1. The highest BCUT2D eigenvalue weighted by molar-refractivity contribution is 7.10. The van der Waals surface area contributed by atoms with Crippen LogP contribution in [0.15, 0.2) is 60.1 Å². The molecule has 1 unspecified atom stereocenters. The number of carbonyl (C=O) groups is 2. The smallest absolute Gasteiger partial charge is 0.275 e. The largest absolute Gasteiger partial charge is 0.474 e. The minimum absolute atomic E-state index is 0.0590. The van der Waals surface area contributed by atoms with Crippen LogP contribution in [-0.2, 0) is 6.54 Å². The van der Waals surface area contributed by atoms with Crippen molar-refractivity contribution in [1.29, 1.82) is 0 Å². The predicted molar refractivity (Wildman–Crippen MR) is 130 cm³/mol. The number of allylic oxidation sites excluding steroid dienone is 4. The molecule has 0 aliphatic carbocycles. The van der Waals surface area contributed by atoms with Crippen molar-refractivity contribution in [2.75, 3.05) is 19.6 Å². The lowest BCUT2D eigenvalue weighted by Gasteiger charge is -2.48. The fourth-order valence-corrected chi connectivity index (χ4v) is 5.16. The molecule has 1 aromatic rings. The fraction of sp³-hybridized carbons (Fsp3) is 0.375. The number of carbonyl (C=O) groups excluding carboxylic acids is 2. The number of rotatable bonds is 7. The number of nitrogens with zero attached hydrogens (tertiary/aromatic N) is 3. The molecule has 9 heteroatoms. The molecule has 0 bridgehead atoms. The maximum absolute atomic E-state index is 13.3. The number of fused-ring (bicyclic) bond motifs is 4. The van der Waals surface area contributed by atoms with E-state index in [4.69, 9.17) is 4.52 Å². The van der Waals surface area contributed by atoms with Gasteiger partial charge in [0, 0.05) is 31.9 Å². The van der Waals surface area contributed by atoms with Crippen LogP contribution in [0.1, 0.15) is 40.1 Å². The second-order valence-electron chi connectivity index (χ2n) is 8.37. The van der Waals surface area contributed by atoms with Crippen molar-refractivity contribution < 1.29 is 14.1 Å². The molecule has 2 saturated heterocycles. The van der Waals surface area contributed by atoms with E-state index in [-0.39, 0.29) is 35.6 Å². The second-order valence-corrected chi connectivity index (χ2v) is 8.61. The summed E-state index contributed by atoms with van der Waals surface area (Å²) >= 11 is 0. The van der Waals surface area contributed by atoms with Crippen molar-refractivity contribution in [3.05, 3.63) is 76.8 Å². The van der Waals surface area contributed by atoms with Gasteiger partial charge in [0.2, 0.25) is 5.43 Å². The Balaban J connectivity index is 1.64. The first-order valence-corrected chi connectivity index (χ1v) is 11.6. The van der Waals surface area contributed by atoms with Crippen LogP contribution in [0, 0.1) is 0 Å². The van der Waals surface area contributed by atoms with E-state index in [1.54, 1.807) is 34.9 Å². The molecular formula is C24H29N4O4P. The lowest BCUT2D eigenvalue weighted by Crippen LogP contribution is -2.62. The normalized spacial score (nSPS) is 22.5. The molecule has 174 valence electrons. The van der Waals surface area contributed by atoms with Crippen LogP contribution in [0.5, 0.6) is 5.75 Å². The molecule has 1 aromatic heterocycles. The molecule has 2 amide bonds. The molecule has 3 aliphatic heterocycles. The Bertz CT molecular complexity index is 1110. The first kappa shape index (κ1) is 23.2. The van der Waals surface area contributed by atoms with E-state index >= 15 is 0 Å². The first-order valence-electron chi connectivity index (χ1n) is 11.1. The van der Waals surface area contributed by atoms with Crippen LogP contribution >= 0.6 is 9.47 Å². The summed E-state index contributed by atoms with van der Waals surface area (Å²) in [6.45, 7) is 9.67. The minimum Gasteiger partial charge on any atom is -0.474 e. The summed E-state index contributed by atoms with van der Waals surface area (Å²) in [6, 6.07) is 0.486. The van der Waals surface area contributed by atoms with E-state index in [0.717, 1.165) is 31.4 Å². The molecule has 2 fully saturated rings. The third kappa shape index (κ3) is 4.33. The highest BCUT2D eigenvalue weighted by atomic mass is 31.0. The van der Waals surface area contributed by atoms with Gasteiger partial charge in [0.05, 0.1) is 16.0 Å². The summed E-state index contributed by atoms with van der Waals surface area (Å²) in [5.41, 5.74) is 0.306. The Morgan fingerprint density at radius 1 is 1.24 bits per heavy atom. The molecule has 8 nitrogen and oxygen atoms in total. The topological polar surface area (TPSA) is 83.9 Å². The van der Waals surface area contributed by atoms with Crippen LogP contribution in [0.2, 0.25) is 0 Å². The summed E-state index contributed by atoms with van der Waals surface area (Å²) in [4.78, 5) is 43.6. The van der Waals surface area contributed by atoms with Gasteiger partial charge in [-0.2, -0.15) is 0 Å². The zero-order valence-corrected chi connectivity index (χ0v) is 19.7. The maximum atomic E-state index is 13.3. The average Bonchev–Trinajstić information content (AvgIpc) is 3.30. The van der Waals surface area contributed by atoms with E-state index in [2.05, 4.69) is 23.4 Å². The third-order valence-electron chi connectivity index (χ3n) is 6.57. The quantitative estimate of drug-likeness (QED) is 0.490. The van der Waals surface area contributed by atoms with Gasteiger partial charge >= 0.3 is 0 Å². The summed E-state index contributed by atoms with van der Waals surface area (Å²) in [7, 11) is 2.03. The zero-order valence-electron chi connectivity index (χ0n) is 18.5. The SMILES string of the molecule is C=C/C=C\C=C(/C=C)CNC(=O)c1cn2c(c(OP)c1=O)C(=O)N1CC[C@H]3CCCN3[C@H]1C2. The zero-order chi connectivity index (χ0) is 23.5. The van der Waals surface area contributed by atoms with Crippen molar-refractivity contribution in [1.82, 2.24) is 19.7 Å². The van der Waals surface area contributed by atoms with Crippen molar-refractivity contribution in [2.24, 2.45) is 0 Å². The Kier molecular flexibility index (Phi) is 6.96. The molecule has 0 aromatic carbocycles. The van der Waals surface area contributed by atoms with Gasteiger partial charge in [-0.25, -0.2) is 0 Å². The van der Waals surface area contributed by atoms with Crippen LogP contribution < -0.4 is 15.3 Å². The first-order chi connectivity index (χ1) is 16.0. The number of nitrogens with one attached hydrogen (secondary N) is 1. The lowest BCUT2D eigenvalue weighted by atomic mass is 10.0. The minimum atomic E-state index is -0.604. The van der Waals surface area contributed by atoms with Crippen LogP contribution in [0.25, 0.3) is 0 Å². The van der Waals surface area contributed by atoms with E-state index in [0.29, 0.717) is 19.1 Å². The van der Waals surface area contributed by atoms with E-state index < -0.39 is 11.3 Å². The van der Waals surface area contributed by atoms with E-state index in [9.17, 15) is 14.4 Å². The van der Waals surface area contributed by atoms with Crippen molar-refractivity contribution in [3.8, 4) is 5.75 Å². The van der Waals surface area contributed by atoms with Gasteiger partial charge in [0.1, 0.15) is 11.7 Å². The van der Waals surface area contributed by atoms with Crippen LogP contribution in [0.4, 0.5) is 0 Å². The number of amides is 2. The van der Waals surface area contributed by atoms with Crippen LogP contribution in [0.3, 0.4) is 0 Å². The molecule has 4 rings (SSSR count). The van der Waals surface area contributed by atoms with Gasteiger partial charge in [-0.1, -0.05) is 43.5 Å². The number of hydrogen-bond acceptors (Lipinski definition) is 5. The van der Waals surface area contributed by atoms with Crippen molar-refractivity contribution >= 4 is 21.3 Å². The van der Waals surface area contributed by atoms with Gasteiger partial charge < -0.3 is 19.3 Å². The molecule has 33 heavy (non-hydrogen) atoms. The average molecular weight is 468 g/mol. The summed E-state index contributed by atoms with van der Waals surface area (Å²) < 4.78 is 6.98. The highest BCUT2D eigenvalue weighted by Crippen LogP contribution is 2.34. The fourth-order valence-electron chi connectivity index (χ4n) is 4.94. The van der Waals surface area contributed by atoms with Gasteiger partial charge in [-0.05, 0) is 24.8 Å². The standard InChI is InChI=1S/C24H29N4O4P/c1-3-5-6-8-16(4-2)13-25-23(30)18-14-26-15-19-27-11-7-9-17(27)10-12-28(19)24(31)20(26)22(32-33)21(18)29/h3-6,8,14,17,19H,1-2,7,9-13,15,33H2,(H,25,30)/b6-5-,16-8+/t17-,19-/m1/s1. The Morgan fingerprint density at radius 2 is 2.06 bits per heavy atom. The maximum Gasteiger partial charge on any atom is 0.275 e. The Labute approximate surface area is 195 Å². The van der Waals surface area contributed by atoms with Crippen molar-refractivity contribution in [3.63, 3.8) is 0 Å². The second kappa shape index (κ2) is 9.89. The van der Waals surface area contributed by atoms with Crippen molar-refractivity contribution in [2.45, 2.75) is 38.0 Å². The Morgan fingerprint density at radius 3 is 2.79 bits per heavy atom. The monoisotopic (exact) mass is 468 g/mol. The molecule has 0 radical (unpaired) electrons. The molecule has 4 heterocycles. The van der Waals surface area contributed by atoms with Crippen LogP contribution in [-0.4, -0.2) is 58.0 Å².